The number of hydrogen-bond donors (Lipinski definition) is 2. The Labute approximate surface area is 125 Å². The number of carbonyl (C=O) groups is 1. The fraction of sp³-hybridized carbons (Fsp3) is 0.667. The van der Waals surface area contributed by atoms with E-state index in [4.69, 9.17) is 5.11 Å². The highest BCUT2D eigenvalue weighted by Crippen LogP contribution is 2.09. The van der Waals surface area contributed by atoms with E-state index in [1.165, 1.54) is 4.88 Å². The molecule has 0 bridgehead atoms. The van der Waals surface area contributed by atoms with Crippen LogP contribution in [0.25, 0.3) is 0 Å². The average Bonchev–Trinajstić information content (AvgIpc) is 2.93. The Morgan fingerprint density at radius 1 is 1.45 bits per heavy atom. The molecule has 5 heteroatoms. The predicted octanol–water partition coefficient (Wildman–Crippen LogP) is 1.89. The number of carbonyl (C=O) groups excluding carboxylic acids is 1. The number of thiophene rings is 1. The third-order valence-corrected chi connectivity index (χ3v) is 4.40. The number of rotatable bonds is 10. The van der Waals surface area contributed by atoms with Crippen LogP contribution in [0, 0.1) is 0 Å². The van der Waals surface area contributed by atoms with E-state index in [1.54, 1.807) is 11.3 Å². The third kappa shape index (κ3) is 6.03. The SMILES string of the molecule is CCC(CC)N(CCO)CC(=O)NCCc1cccs1. The molecule has 1 rings (SSSR count). The highest BCUT2D eigenvalue weighted by atomic mass is 32.1. The molecule has 0 saturated heterocycles. The van der Waals surface area contributed by atoms with E-state index in [0.717, 1.165) is 19.3 Å². The van der Waals surface area contributed by atoms with Crippen LogP contribution in [0.15, 0.2) is 17.5 Å². The third-order valence-electron chi connectivity index (χ3n) is 3.47. The number of aliphatic hydroxyl groups is 1. The summed E-state index contributed by atoms with van der Waals surface area (Å²) in [5, 5.41) is 14.1. The molecular formula is C15H26N2O2S. The van der Waals surface area contributed by atoms with Crippen molar-refractivity contribution in [3.63, 3.8) is 0 Å². The van der Waals surface area contributed by atoms with Gasteiger partial charge in [-0.05, 0) is 30.7 Å². The van der Waals surface area contributed by atoms with Crippen LogP contribution in [-0.4, -0.2) is 48.2 Å². The normalized spacial score (nSPS) is 11.2. The molecule has 0 aromatic carbocycles. The van der Waals surface area contributed by atoms with Crippen molar-refractivity contribution < 1.29 is 9.90 Å². The Kier molecular flexibility index (Phi) is 8.49. The Morgan fingerprint density at radius 2 is 2.20 bits per heavy atom. The largest absolute Gasteiger partial charge is 0.395 e. The van der Waals surface area contributed by atoms with Crippen LogP contribution in [-0.2, 0) is 11.2 Å². The summed E-state index contributed by atoms with van der Waals surface area (Å²) in [6, 6.07) is 4.47. The molecule has 0 aliphatic heterocycles. The summed E-state index contributed by atoms with van der Waals surface area (Å²) < 4.78 is 0. The smallest absolute Gasteiger partial charge is 0.234 e. The average molecular weight is 298 g/mol. The zero-order valence-electron chi connectivity index (χ0n) is 12.5. The lowest BCUT2D eigenvalue weighted by molar-refractivity contribution is -0.122. The minimum absolute atomic E-state index is 0.0434. The summed E-state index contributed by atoms with van der Waals surface area (Å²) in [6.45, 7) is 5.94. The van der Waals surface area contributed by atoms with Crippen LogP contribution in [0.5, 0.6) is 0 Å². The molecule has 1 aromatic rings. The molecule has 0 saturated carbocycles. The zero-order chi connectivity index (χ0) is 14.8. The number of amides is 1. The monoisotopic (exact) mass is 298 g/mol. The van der Waals surface area contributed by atoms with Gasteiger partial charge >= 0.3 is 0 Å². The van der Waals surface area contributed by atoms with E-state index < -0.39 is 0 Å². The minimum atomic E-state index is 0.0434. The van der Waals surface area contributed by atoms with Crippen molar-refractivity contribution >= 4 is 17.2 Å². The maximum absolute atomic E-state index is 12.0. The molecule has 0 spiro atoms. The summed E-state index contributed by atoms with van der Waals surface area (Å²) >= 11 is 1.71. The molecular weight excluding hydrogens is 272 g/mol. The number of hydrogen-bond acceptors (Lipinski definition) is 4. The molecule has 0 fully saturated rings. The molecule has 4 nitrogen and oxygen atoms in total. The van der Waals surface area contributed by atoms with E-state index in [2.05, 4.69) is 30.1 Å². The van der Waals surface area contributed by atoms with Gasteiger partial charge in [-0.3, -0.25) is 9.69 Å². The molecule has 1 amide bonds. The lowest BCUT2D eigenvalue weighted by Gasteiger charge is -2.29. The van der Waals surface area contributed by atoms with Gasteiger partial charge in [0.1, 0.15) is 0 Å². The lowest BCUT2D eigenvalue weighted by atomic mass is 10.1. The van der Waals surface area contributed by atoms with Gasteiger partial charge in [-0.1, -0.05) is 19.9 Å². The molecule has 1 heterocycles. The molecule has 1 aromatic heterocycles. The van der Waals surface area contributed by atoms with Gasteiger partial charge in [0, 0.05) is 24.0 Å². The molecule has 0 aliphatic carbocycles. The van der Waals surface area contributed by atoms with E-state index in [-0.39, 0.29) is 12.5 Å². The molecule has 114 valence electrons. The van der Waals surface area contributed by atoms with Crippen LogP contribution in [0.3, 0.4) is 0 Å². The van der Waals surface area contributed by atoms with E-state index in [1.807, 2.05) is 11.4 Å². The summed E-state index contributed by atoms with van der Waals surface area (Å²) in [4.78, 5) is 15.3. The summed E-state index contributed by atoms with van der Waals surface area (Å²) in [5.41, 5.74) is 0. The van der Waals surface area contributed by atoms with Gasteiger partial charge in [-0.25, -0.2) is 0 Å². The van der Waals surface area contributed by atoms with Crippen molar-refractivity contribution in [3.05, 3.63) is 22.4 Å². The van der Waals surface area contributed by atoms with Gasteiger partial charge in [-0.2, -0.15) is 0 Å². The standard InChI is InChI=1S/C15H26N2O2S/c1-3-13(4-2)17(9-10-18)12-15(19)16-8-7-14-6-5-11-20-14/h5-6,11,13,18H,3-4,7-10,12H2,1-2H3,(H,16,19). The fourth-order valence-electron chi connectivity index (χ4n) is 2.34. The van der Waals surface area contributed by atoms with Crippen LogP contribution < -0.4 is 5.32 Å². The van der Waals surface area contributed by atoms with Crippen LogP contribution in [0.1, 0.15) is 31.6 Å². The van der Waals surface area contributed by atoms with E-state index in [0.29, 0.717) is 25.7 Å². The first-order valence-electron chi connectivity index (χ1n) is 7.35. The van der Waals surface area contributed by atoms with E-state index >= 15 is 0 Å². The summed E-state index contributed by atoms with van der Waals surface area (Å²) in [5.74, 6) is 0.0434. The maximum Gasteiger partial charge on any atom is 0.234 e. The van der Waals surface area contributed by atoms with Crippen molar-refractivity contribution in [2.45, 2.75) is 39.2 Å². The zero-order valence-corrected chi connectivity index (χ0v) is 13.3. The van der Waals surface area contributed by atoms with Gasteiger partial charge in [0.2, 0.25) is 5.91 Å². The molecule has 0 unspecified atom stereocenters. The quantitative estimate of drug-likeness (QED) is 0.693. The number of nitrogens with one attached hydrogen (secondary N) is 1. The Hall–Kier alpha value is -0.910. The summed E-state index contributed by atoms with van der Waals surface area (Å²) in [7, 11) is 0. The minimum Gasteiger partial charge on any atom is -0.395 e. The first-order chi connectivity index (χ1) is 9.71. The van der Waals surface area contributed by atoms with Gasteiger partial charge < -0.3 is 10.4 Å². The Bertz CT molecular complexity index is 364. The second-order valence-electron chi connectivity index (χ2n) is 4.84. The first kappa shape index (κ1) is 17.1. The highest BCUT2D eigenvalue weighted by Gasteiger charge is 2.17. The second-order valence-corrected chi connectivity index (χ2v) is 5.88. The Balaban J connectivity index is 2.33. The van der Waals surface area contributed by atoms with Crippen molar-refractivity contribution in [1.82, 2.24) is 10.2 Å². The number of aliphatic hydroxyl groups excluding tert-OH is 1. The van der Waals surface area contributed by atoms with Gasteiger partial charge in [0.15, 0.2) is 0 Å². The van der Waals surface area contributed by atoms with Crippen LogP contribution >= 0.6 is 11.3 Å². The second kappa shape index (κ2) is 9.91. The maximum atomic E-state index is 12.0. The van der Waals surface area contributed by atoms with Crippen LogP contribution in [0.2, 0.25) is 0 Å². The molecule has 2 N–H and O–H groups in total. The van der Waals surface area contributed by atoms with Crippen molar-refractivity contribution in [2.24, 2.45) is 0 Å². The van der Waals surface area contributed by atoms with Crippen LogP contribution in [0.4, 0.5) is 0 Å². The predicted molar refractivity (Wildman–Crippen MR) is 84.1 cm³/mol. The highest BCUT2D eigenvalue weighted by molar-refractivity contribution is 7.09. The molecule has 0 radical (unpaired) electrons. The van der Waals surface area contributed by atoms with Gasteiger partial charge in [0.05, 0.1) is 13.2 Å². The first-order valence-corrected chi connectivity index (χ1v) is 8.23. The van der Waals surface area contributed by atoms with E-state index in [9.17, 15) is 4.79 Å². The molecule has 0 atom stereocenters. The van der Waals surface area contributed by atoms with Gasteiger partial charge in [0.25, 0.3) is 0 Å². The Morgan fingerprint density at radius 3 is 2.75 bits per heavy atom. The fourth-order valence-corrected chi connectivity index (χ4v) is 3.05. The van der Waals surface area contributed by atoms with Crippen molar-refractivity contribution in [3.8, 4) is 0 Å². The van der Waals surface area contributed by atoms with Crippen molar-refractivity contribution in [2.75, 3.05) is 26.2 Å². The van der Waals surface area contributed by atoms with Crippen molar-refractivity contribution in [1.29, 1.82) is 0 Å². The number of nitrogens with zero attached hydrogens (tertiary/aromatic N) is 1. The molecule has 0 aliphatic rings. The molecule has 20 heavy (non-hydrogen) atoms. The topological polar surface area (TPSA) is 52.6 Å². The summed E-state index contributed by atoms with van der Waals surface area (Å²) in [6.07, 6.45) is 2.88. The lowest BCUT2D eigenvalue weighted by Crippen LogP contribution is -2.44. The van der Waals surface area contributed by atoms with Gasteiger partial charge in [-0.15, -0.1) is 11.3 Å².